The van der Waals surface area contributed by atoms with Crippen molar-refractivity contribution in [3.8, 4) is 29.1 Å². The Balaban J connectivity index is 1.73. The van der Waals surface area contributed by atoms with Gasteiger partial charge in [-0.15, -0.1) is 0 Å². The molecule has 2 unspecified atom stereocenters. The monoisotopic (exact) mass is 452 g/mol. The van der Waals surface area contributed by atoms with E-state index in [0.717, 1.165) is 49.3 Å². The van der Waals surface area contributed by atoms with E-state index in [4.69, 9.17) is 18.9 Å². The van der Waals surface area contributed by atoms with E-state index in [-0.39, 0.29) is 5.92 Å². The van der Waals surface area contributed by atoms with Gasteiger partial charge in [0.1, 0.15) is 0 Å². The number of fused-ring (bicyclic) bond motifs is 1. The summed E-state index contributed by atoms with van der Waals surface area (Å²) >= 11 is 0. The Hall–Kier alpha value is -2.91. The molecule has 0 amide bonds. The third kappa shape index (κ3) is 5.04. The summed E-state index contributed by atoms with van der Waals surface area (Å²) in [5, 5.41) is 14.0. The van der Waals surface area contributed by atoms with Crippen LogP contribution >= 0.6 is 0 Å². The third-order valence-electron chi connectivity index (χ3n) is 6.96. The number of ether oxygens (including phenoxy) is 4. The molecular weight excluding hydrogens is 416 g/mol. The van der Waals surface area contributed by atoms with E-state index < -0.39 is 5.41 Å². The first kappa shape index (κ1) is 24.7. The summed E-state index contributed by atoms with van der Waals surface area (Å²) in [6.07, 6.45) is 3.67. The summed E-state index contributed by atoms with van der Waals surface area (Å²) < 4.78 is 21.8. The van der Waals surface area contributed by atoms with E-state index in [1.807, 2.05) is 18.2 Å². The molecule has 0 spiro atoms. The van der Waals surface area contributed by atoms with Gasteiger partial charge in [-0.1, -0.05) is 19.9 Å². The third-order valence-corrected chi connectivity index (χ3v) is 6.96. The number of nitrogens with zero attached hydrogens (tertiary/aromatic N) is 1. The topological polar surface area (TPSA) is 72.7 Å². The average molecular weight is 453 g/mol. The van der Waals surface area contributed by atoms with Gasteiger partial charge in [0.05, 0.1) is 39.9 Å². The van der Waals surface area contributed by atoms with Gasteiger partial charge < -0.3 is 24.3 Å². The minimum absolute atomic E-state index is 0.164. The number of nitriles is 1. The van der Waals surface area contributed by atoms with Crippen molar-refractivity contribution in [3.05, 3.63) is 47.0 Å². The van der Waals surface area contributed by atoms with Crippen molar-refractivity contribution in [1.29, 1.82) is 5.26 Å². The molecule has 0 bridgehead atoms. The van der Waals surface area contributed by atoms with E-state index in [1.165, 1.54) is 11.1 Å². The minimum atomic E-state index is -0.581. The largest absolute Gasteiger partial charge is 0.493 e. The van der Waals surface area contributed by atoms with E-state index >= 15 is 0 Å². The Morgan fingerprint density at radius 2 is 1.55 bits per heavy atom. The molecule has 0 fully saturated rings. The van der Waals surface area contributed by atoms with Crippen molar-refractivity contribution >= 4 is 0 Å². The number of rotatable bonds is 10. The van der Waals surface area contributed by atoms with Gasteiger partial charge in [-0.05, 0) is 72.6 Å². The van der Waals surface area contributed by atoms with Crippen LogP contribution in [0.5, 0.6) is 23.0 Å². The molecule has 0 aliphatic carbocycles. The maximum atomic E-state index is 10.3. The highest BCUT2D eigenvalue weighted by atomic mass is 16.5. The number of nitrogens with one attached hydrogen (secondary N) is 1. The van der Waals surface area contributed by atoms with Gasteiger partial charge in [-0.3, -0.25) is 0 Å². The van der Waals surface area contributed by atoms with E-state index in [0.29, 0.717) is 17.5 Å². The summed E-state index contributed by atoms with van der Waals surface area (Å²) in [5.41, 5.74) is 2.95. The molecule has 6 heteroatoms. The van der Waals surface area contributed by atoms with Crippen LogP contribution in [-0.2, 0) is 18.4 Å². The van der Waals surface area contributed by atoms with Crippen molar-refractivity contribution in [2.45, 2.75) is 57.5 Å². The summed E-state index contributed by atoms with van der Waals surface area (Å²) in [5.74, 6) is 3.03. The summed E-state index contributed by atoms with van der Waals surface area (Å²) in [6, 6.07) is 13.0. The quantitative estimate of drug-likeness (QED) is 0.545. The second kappa shape index (κ2) is 10.8. The van der Waals surface area contributed by atoms with Gasteiger partial charge >= 0.3 is 0 Å². The molecule has 2 atom stereocenters. The van der Waals surface area contributed by atoms with Crippen molar-refractivity contribution in [3.63, 3.8) is 0 Å². The predicted molar refractivity (Wildman–Crippen MR) is 129 cm³/mol. The molecule has 3 rings (SSSR count). The number of methoxy groups -OCH3 is 4. The van der Waals surface area contributed by atoms with Crippen LogP contribution in [-0.4, -0.2) is 34.5 Å². The van der Waals surface area contributed by atoms with Gasteiger partial charge in [0.15, 0.2) is 23.0 Å². The zero-order valence-corrected chi connectivity index (χ0v) is 20.7. The van der Waals surface area contributed by atoms with Crippen LogP contribution in [0.15, 0.2) is 30.3 Å². The SMILES string of the molecule is COc1ccc(C(C#N)(CCCC2Cc3cc(OC)c(OC)cc3CN2)C(C)C)cc1OC. The average Bonchev–Trinajstić information content (AvgIpc) is 2.85. The Labute approximate surface area is 197 Å². The van der Waals surface area contributed by atoms with Crippen LogP contribution in [0.25, 0.3) is 0 Å². The molecule has 0 saturated heterocycles. The smallest absolute Gasteiger partial charge is 0.161 e. The maximum Gasteiger partial charge on any atom is 0.161 e. The summed E-state index contributed by atoms with van der Waals surface area (Å²) in [4.78, 5) is 0. The highest BCUT2D eigenvalue weighted by molar-refractivity contribution is 5.49. The van der Waals surface area contributed by atoms with Crippen molar-refractivity contribution in [2.24, 2.45) is 5.92 Å². The number of benzene rings is 2. The fourth-order valence-electron chi connectivity index (χ4n) is 4.87. The lowest BCUT2D eigenvalue weighted by atomic mass is 9.69. The van der Waals surface area contributed by atoms with Crippen LogP contribution in [0.2, 0.25) is 0 Å². The first-order valence-corrected chi connectivity index (χ1v) is 11.5. The van der Waals surface area contributed by atoms with Gasteiger partial charge in [0.2, 0.25) is 0 Å². The molecule has 0 saturated carbocycles. The zero-order valence-electron chi connectivity index (χ0n) is 20.7. The molecule has 1 N–H and O–H groups in total. The van der Waals surface area contributed by atoms with Gasteiger partial charge in [0.25, 0.3) is 0 Å². The minimum Gasteiger partial charge on any atom is -0.493 e. The Morgan fingerprint density at radius 3 is 2.12 bits per heavy atom. The molecule has 2 aromatic rings. The molecule has 6 nitrogen and oxygen atoms in total. The highest BCUT2D eigenvalue weighted by Crippen LogP contribution is 2.41. The molecule has 1 aliphatic rings. The second-order valence-electron chi connectivity index (χ2n) is 8.96. The molecule has 33 heavy (non-hydrogen) atoms. The molecule has 178 valence electrons. The zero-order chi connectivity index (χ0) is 24.0. The van der Waals surface area contributed by atoms with Gasteiger partial charge in [0, 0.05) is 12.6 Å². The molecule has 0 aromatic heterocycles. The van der Waals surface area contributed by atoms with Crippen molar-refractivity contribution < 1.29 is 18.9 Å². The Bertz CT molecular complexity index is 998. The lowest BCUT2D eigenvalue weighted by Gasteiger charge is -2.33. The fraction of sp³-hybridized carbons (Fsp3) is 0.519. The summed E-state index contributed by atoms with van der Waals surface area (Å²) in [7, 11) is 6.59. The Kier molecular flexibility index (Phi) is 8.10. The second-order valence-corrected chi connectivity index (χ2v) is 8.96. The molecule has 0 radical (unpaired) electrons. The Morgan fingerprint density at radius 1 is 0.939 bits per heavy atom. The van der Waals surface area contributed by atoms with Gasteiger partial charge in [-0.2, -0.15) is 5.26 Å². The van der Waals surface area contributed by atoms with Crippen LogP contribution in [0.1, 0.15) is 49.8 Å². The van der Waals surface area contributed by atoms with Crippen molar-refractivity contribution in [2.75, 3.05) is 28.4 Å². The lowest BCUT2D eigenvalue weighted by molar-refractivity contribution is 0.329. The lowest BCUT2D eigenvalue weighted by Crippen LogP contribution is -2.36. The van der Waals surface area contributed by atoms with E-state index in [1.54, 1.807) is 28.4 Å². The highest BCUT2D eigenvalue weighted by Gasteiger charge is 2.36. The fourth-order valence-corrected chi connectivity index (χ4v) is 4.87. The predicted octanol–water partition coefficient (Wildman–Crippen LogP) is 5.02. The normalized spacial score (nSPS) is 17.0. The number of hydrogen-bond donors (Lipinski definition) is 1. The van der Waals surface area contributed by atoms with Crippen LogP contribution in [0.4, 0.5) is 0 Å². The molecule has 1 aliphatic heterocycles. The summed E-state index contributed by atoms with van der Waals surface area (Å²) in [6.45, 7) is 5.05. The van der Waals surface area contributed by atoms with Crippen molar-refractivity contribution in [1.82, 2.24) is 5.32 Å². The van der Waals surface area contributed by atoms with Crippen LogP contribution < -0.4 is 24.3 Å². The molecular formula is C27H36N2O4. The van der Waals surface area contributed by atoms with Crippen LogP contribution in [0, 0.1) is 17.2 Å². The molecule has 2 aromatic carbocycles. The van der Waals surface area contributed by atoms with Crippen LogP contribution in [0.3, 0.4) is 0 Å². The maximum absolute atomic E-state index is 10.3. The first-order chi connectivity index (χ1) is 15.9. The van der Waals surface area contributed by atoms with Gasteiger partial charge in [-0.25, -0.2) is 0 Å². The van der Waals surface area contributed by atoms with E-state index in [2.05, 4.69) is 37.4 Å². The number of hydrogen-bond acceptors (Lipinski definition) is 6. The first-order valence-electron chi connectivity index (χ1n) is 11.5. The van der Waals surface area contributed by atoms with E-state index in [9.17, 15) is 5.26 Å². The molecule has 1 heterocycles. The standard InChI is InChI=1S/C27H36N2O4/c1-18(2)27(17-28,21-9-10-23(30-3)26(15-21)33-6)11-7-8-22-12-19-13-24(31-4)25(32-5)14-20(19)16-29-22/h9-10,13-15,18,22,29H,7-8,11-12,16H2,1-6H3.